The first-order chi connectivity index (χ1) is 13.1. The predicted octanol–water partition coefficient (Wildman–Crippen LogP) is 2.80. The highest BCUT2D eigenvalue weighted by Gasteiger charge is 2.30. The topological polar surface area (TPSA) is 84.5 Å². The van der Waals surface area contributed by atoms with Crippen LogP contribution in [-0.2, 0) is 16.1 Å². The van der Waals surface area contributed by atoms with Crippen molar-refractivity contribution in [3.05, 3.63) is 64.7 Å². The fourth-order valence-corrected chi connectivity index (χ4v) is 2.65. The van der Waals surface area contributed by atoms with Gasteiger partial charge in [-0.15, -0.1) is 0 Å². The number of rotatable bonds is 4. The maximum atomic E-state index is 12.0. The number of anilines is 1. The van der Waals surface area contributed by atoms with Gasteiger partial charge in [-0.05, 0) is 24.1 Å². The molecule has 3 rings (SSSR count). The van der Waals surface area contributed by atoms with E-state index < -0.39 is 17.8 Å². The van der Waals surface area contributed by atoms with Gasteiger partial charge in [0.05, 0.1) is 11.3 Å². The summed E-state index contributed by atoms with van der Waals surface area (Å²) in [5, 5.41) is 5.15. The number of carbonyl (C=O) groups is 3. The number of ether oxygens (including phenoxy) is 1. The monoisotopic (exact) mass is 362 g/mol. The van der Waals surface area contributed by atoms with Crippen LogP contribution in [0.25, 0.3) is 0 Å². The lowest BCUT2D eigenvalue weighted by atomic mass is 9.99. The zero-order valence-corrected chi connectivity index (χ0v) is 14.8. The average molecular weight is 362 g/mol. The van der Waals surface area contributed by atoms with Crippen molar-refractivity contribution in [2.45, 2.75) is 20.0 Å². The van der Waals surface area contributed by atoms with E-state index >= 15 is 0 Å². The molecule has 2 amide bonds. The van der Waals surface area contributed by atoms with Crippen LogP contribution in [0.4, 0.5) is 10.5 Å². The van der Waals surface area contributed by atoms with E-state index in [1.165, 1.54) is 0 Å². The second-order valence-electron chi connectivity index (χ2n) is 6.00. The Kier molecular flexibility index (Phi) is 5.53. The molecule has 0 saturated heterocycles. The molecule has 6 heteroatoms. The van der Waals surface area contributed by atoms with Crippen LogP contribution in [0.3, 0.4) is 0 Å². The molecule has 2 N–H and O–H groups in total. The Morgan fingerprint density at radius 2 is 1.93 bits per heavy atom. The van der Waals surface area contributed by atoms with Gasteiger partial charge in [-0.3, -0.25) is 9.59 Å². The average Bonchev–Trinajstić information content (AvgIpc) is 2.96. The highest BCUT2D eigenvalue weighted by Crippen LogP contribution is 2.28. The molecule has 0 saturated carbocycles. The summed E-state index contributed by atoms with van der Waals surface area (Å²) < 4.78 is 5.11. The third kappa shape index (κ3) is 4.33. The van der Waals surface area contributed by atoms with Gasteiger partial charge in [0.1, 0.15) is 6.61 Å². The van der Waals surface area contributed by atoms with Crippen LogP contribution in [-0.4, -0.2) is 24.3 Å². The molecule has 0 atom stereocenters. The molecule has 1 heterocycles. The molecular formula is C21H18N2O4. The minimum Gasteiger partial charge on any atom is -0.445 e. The van der Waals surface area contributed by atoms with Gasteiger partial charge in [0, 0.05) is 18.5 Å². The van der Waals surface area contributed by atoms with Gasteiger partial charge in [0.2, 0.25) is 0 Å². The van der Waals surface area contributed by atoms with Crippen molar-refractivity contribution in [1.29, 1.82) is 0 Å². The minimum atomic E-state index is -0.638. The Hall–Kier alpha value is -3.59. The summed E-state index contributed by atoms with van der Waals surface area (Å²) in [6, 6.07) is 12.9. The van der Waals surface area contributed by atoms with Crippen LogP contribution >= 0.6 is 0 Å². The highest BCUT2D eigenvalue weighted by molar-refractivity contribution is 6.52. The lowest BCUT2D eigenvalue weighted by Crippen LogP contribution is -2.24. The molecule has 0 aliphatic carbocycles. The molecule has 2 aromatic carbocycles. The first-order valence-electron chi connectivity index (χ1n) is 8.49. The van der Waals surface area contributed by atoms with E-state index in [9.17, 15) is 14.4 Å². The molecule has 6 nitrogen and oxygen atoms in total. The molecule has 1 aliphatic rings. The molecule has 0 aromatic heterocycles. The van der Waals surface area contributed by atoms with E-state index in [-0.39, 0.29) is 6.61 Å². The summed E-state index contributed by atoms with van der Waals surface area (Å²) >= 11 is 0. The Labute approximate surface area is 156 Å². The van der Waals surface area contributed by atoms with Gasteiger partial charge in [0.25, 0.3) is 11.7 Å². The molecule has 27 heavy (non-hydrogen) atoms. The number of hydrogen-bond acceptors (Lipinski definition) is 4. The van der Waals surface area contributed by atoms with Crippen molar-refractivity contribution in [2.24, 2.45) is 0 Å². The zero-order chi connectivity index (χ0) is 19.2. The van der Waals surface area contributed by atoms with Crippen LogP contribution in [0.5, 0.6) is 0 Å². The summed E-state index contributed by atoms with van der Waals surface area (Å²) in [5.74, 6) is 4.66. The molecule has 0 radical (unpaired) electrons. The van der Waals surface area contributed by atoms with Crippen LogP contribution < -0.4 is 10.6 Å². The Morgan fingerprint density at radius 3 is 2.70 bits per heavy atom. The first-order valence-corrected chi connectivity index (χ1v) is 8.49. The predicted molar refractivity (Wildman–Crippen MR) is 100 cm³/mol. The third-order valence-corrected chi connectivity index (χ3v) is 4.04. The van der Waals surface area contributed by atoms with Crippen LogP contribution in [0.15, 0.2) is 42.5 Å². The van der Waals surface area contributed by atoms with Crippen LogP contribution in [0.2, 0.25) is 0 Å². The molecule has 0 spiro atoms. The number of amides is 2. The molecule has 136 valence electrons. The number of alkyl carbamates (subject to hydrolysis) is 1. The molecular weight excluding hydrogens is 344 g/mol. The second kappa shape index (κ2) is 8.19. The highest BCUT2D eigenvalue weighted by atomic mass is 16.5. The van der Waals surface area contributed by atoms with Crippen molar-refractivity contribution in [3.63, 3.8) is 0 Å². The summed E-state index contributed by atoms with van der Waals surface area (Å²) in [5.41, 5.74) is 3.09. The Morgan fingerprint density at radius 1 is 1.15 bits per heavy atom. The number of benzene rings is 2. The number of Topliss-reactive ketones (excluding diaryl/α,β-unsaturated/α-hetero) is 1. The molecule has 0 bridgehead atoms. The number of carbonyl (C=O) groups excluding carboxylic acids is 3. The van der Waals surface area contributed by atoms with Crippen LogP contribution in [0.1, 0.15) is 33.5 Å². The van der Waals surface area contributed by atoms with Gasteiger partial charge in [-0.1, -0.05) is 48.2 Å². The quantitative estimate of drug-likeness (QED) is 0.498. The van der Waals surface area contributed by atoms with Crippen molar-refractivity contribution < 1.29 is 19.1 Å². The SMILES string of the molecule is Cc1ccc2c(c1C#CCCNC(=O)OCc1ccccc1)C(=O)C(=O)N2. The first kappa shape index (κ1) is 18.2. The number of fused-ring (bicyclic) bond motifs is 1. The summed E-state index contributed by atoms with van der Waals surface area (Å²) in [6.45, 7) is 2.36. The van der Waals surface area contributed by atoms with Crippen molar-refractivity contribution in [3.8, 4) is 11.8 Å². The largest absolute Gasteiger partial charge is 0.445 e. The smallest absolute Gasteiger partial charge is 0.407 e. The molecule has 2 aromatic rings. The van der Waals surface area contributed by atoms with Crippen molar-refractivity contribution in [1.82, 2.24) is 5.32 Å². The second-order valence-corrected chi connectivity index (χ2v) is 6.00. The lowest BCUT2D eigenvalue weighted by Gasteiger charge is -2.05. The fourth-order valence-electron chi connectivity index (χ4n) is 2.65. The minimum absolute atomic E-state index is 0.205. The number of aryl methyl sites for hydroxylation is 1. The van der Waals surface area contributed by atoms with E-state index in [1.807, 2.05) is 37.3 Å². The maximum Gasteiger partial charge on any atom is 0.407 e. The van der Waals surface area contributed by atoms with Crippen molar-refractivity contribution >= 4 is 23.5 Å². The van der Waals surface area contributed by atoms with Crippen molar-refractivity contribution in [2.75, 3.05) is 11.9 Å². The van der Waals surface area contributed by atoms with Gasteiger partial charge in [-0.2, -0.15) is 0 Å². The van der Waals surface area contributed by atoms with Crippen LogP contribution in [0, 0.1) is 18.8 Å². The lowest BCUT2D eigenvalue weighted by molar-refractivity contribution is -0.112. The third-order valence-electron chi connectivity index (χ3n) is 4.04. The van der Waals surface area contributed by atoms with E-state index in [0.717, 1.165) is 11.1 Å². The van der Waals surface area contributed by atoms with Gasteiger partial charge in [-0.25, -0.2) is 4.79 Å². The summed E-state index contributed by atoms with van der Waals surface area (Å²) in [6.07, 6.45) is -0.124. The standard InChI is InChI=1S/C21H18N2O4/c1-14-10-11-17-18(19(24)20(25)23-17)16(14)9-5-6-12-22-21(26)27-13-15-7-3-2-4-8-15/h2-4,7-8,10-11H,6,12-13H2,1H3,(H,22,26)(H,23,24,25). The van der Waals surface area contributed by atoms with E-state index in [0.29, 0.717) is 29.8 Å². The van der Waals surface area contributed by atoms with Gasteiger partial charge < -0.3 is 15.4 Å². The summed E-state index contributed by atoms with van der Waals surface area (Å²) in [4.78, 5) is 35.2. The van der Waals surface area contributed by atoms with E-state index in [1.54, 1.807) is 12.1 Å². The molecule has 0 unspecified atom stereocenters. The number of nitrogens with one attached hydrogen (secondary N) is 2. The van der Waals surface area contributed by atoms with Gasteiger partial charge >= 0.3 is 6.09 Å². The normalized spacial score (nSPS) is 11.9. The Balaban J connectivity index is 1.52. The summed E-state index contributed by atoms with van der Waals surface area (Å²) in [7, 11) is 0. The Bertz CT molecular complexity index is 955. The fraction of sp³-hybridized carbons (Fsp3) is 0.190. The molecule has 1 aliphatic heterocycles. The molecule has 0 fully saturated rings. The van der Waals surface area contributed by atoms with E-state index in [4.69, 9.17) is 4.74 Å². The zero-order valence-electron chi connectivity index (χ0n) is 14.8. The van der Waals surface area contributed by atoms with Gasteiger partial charge in [0.15, 0.2) is 0 Å². The number of hydrogen-bond donors (Lipinski definition) is 2. The maximum absolute atomic E-state index is 12.0. The number of ketones is 1. The van der Waals surface area contributed by atoms with E-state index in [2.05, 4.69) is 22.5 Å².